The van der Waals surface area contributed by atoms with E-state index in [2.05, 4.69) is 86.5 Å². The molecule has 0 amide bonds. The number of alkyl halides is 1. The Morgan fingerprint density at radius 1 is 0.895 bits per heavy atom. The summed E-state index contributed by atoms with van der Waals surface area (Å²) in [5.74, 6) is 0. The average Bonchev–Trinajstić information content (AvgIpc) is 2.40. The fraction of sp³-hybridized carbons (Fsp3) is 0.294. The SMILES string of the molecule is Brc1cccc(CC(Br)CCCc2ccccc2)c1. The lowest BCUT2D eigenvalue weighted by Crippen LogP contribution is -2.03. The van der Waals surface area contributed by atoms with Gasteiger partial charge in [-0.1, -0.05) is 74.3 Å². The van der Waals surface area contributed by atoms with Crippen LogP contribution in [0.4, 0.5) is 0 Å². The predicted molar refractivity (Wildman–Crippen MR) is 89.9 cm³/mol. The molecule has 1 unspecified atom stereocenters. The molecule has 2 rings (SSSR count). The van der Waals surface area contributed by atoms with Crippen LogP contribution in [0.3, 0.4) is 0 Å². The minimum atomic E-state index is 0.561. The summed E-state index contributed by atoms with van der Waals surface area (Å²) in [6.45, 7) is 0. The van der Waals surface area contributed by atoms with Crippen molar-refractivity contribution in [2.24, 2.45) is 0 Å². The standard InChI is InChI=1S/C17H18Br2/c18-16(12-15-9-5-11-17(19)13-15)10-4-8-14-6-2-1-3-7-14/h1-3,5-7,9,11,13,16H,4,8,10,12H2. The van der Waals surface area contributed by atoms with E-state index in [1.165, 1.54) is 30.4 Å². The summed E-state index contributed by atoms with van der Waals surface area (Å²) < 4.78 is 1.16. The number of benzene rings is 2. The molecule has 1 atom stereocenters. The lowest BCUT2D eigenvalue weighted by Gasteiger charge is -2.10. The van der Waals surface area contributed by atoms with E-state index in [0.29, 0.717) is 4.83 Å². The fourth-order valence-electron chi connectivity index (χ4n) is 2.19. The number of rotatable bonds is 6. The van der Waals surface area contributed by atoms with Crippen LogP contribution in [0.1, 0.15) is 24.0 Å². The number of hydrogen-bond donors (Lipinski definition) is 0. The van der Waals surface area contributed by atoms with Gasteiger partial charge in [0, 0.05) is 9.30 Å². The van der Waals surface area contributed by atoms with Gasteiger partial charge in [-0.05, 0) is 48.9 Å². The van der Waals surface area contributed by atoms with Gasteiger partial charge in [-0.25, -0.2) is 0 Å². The van der Waals surface area contributed by atoms with Crippen LogP contribution in [0.15, 0.2) is 59.1 Å². The molecule has 0 aliphatic heterocycles. The average molecular weight is 382 g/mol. The van der Waals surface area contributed by atoms with Crippen molar-refractivity contribution in [2.45, 2.75) is 30.5 Å². The maximum atomic E-state index is 3.80. The predicted octanol–water partition coefficient (Wildman–Crippen LogP) is 5.78. The third kappa shape index (κ3) is 5.50. The molecule has 0 nitrogen and oxygen atoms in total. The van der Waals surface area contributed by atoms with Crippen LogP contribution in [-0.4, -0.2) is 4.83 Å². The summed E-state index contributed by atoms with van der Waals surface area (Å²) in [4.78, 5) is 0.561. The Hall–Kier alpha value is -0.600. The highest BCUT2D eigenvalue weighted by molar-refractivity contribution is 9.10. The summed E-state index contributed by atoms with van der Waals surface area (Å²) in [7, 11) is 0. The van der Waals surface area contributed by atoms with Crippen molar-refractivity contribution in [1.29, 1.82) is 0 Å². The molecular weight excluding hydrogens is 364 g/mol. The van der Waals surface area contributed by atoms with Gasteiger partial charge in [0.2, 0.25) is 0 Å². The van der Waals surface area contributed by atoms with Crippen LogP contribution in [-0.2, 0) is 12.8 Å². The van der Waals surface area contributed by atoms with E-state index >= 15 is 0 Å². The van der Waals surface area contributed by atoms with Crippen LogP contribution < -0.4 is 0 Å². The van der Waals surface area contributed by atoms with Crippen molar-refractivity contribution < 1.29 is 0 Å². The molecule has 0 aliphatic carbocycles. The van der Waals surface area contributed by atoms with Crippen molar-refractivity contribution in [3.8, 4) is 0 Å². The highest BCUT2D eigenvalue weighted by Crippen LogP contribution is 2.19. The number of hydrogen-bond acceptors (Lipinski definition) is 0. The largest absolute Gasteiger partial charge is 0.0887 e. The molecule has 0 aliphatic rings. The van der Waals surface area contributed by atoms with Gasteiger partial charge in [0.1, 0.15) is 0 Å². The van der Waals surface area contributed by atoms with Crippen molar-refractivity contribution in [2.75, 3.05) is 0 Å². The molecule has 0 fully saturated rings. The van der Waals surface area contributed by atoms with E-state index in [9.17, 15) is 0 Å². The van der Waals surface area contributed by atoms with Crippen molar-refractivity contribution in [1.82, 2.24) is 0 Å². The summed E-state index contributed by atoms with van der Waals surface area (Å²) in [6, 6.07) is 19.3. The molecule has 100 valence electrons. The third-order valence-corrected chi connectivity index (χ3v) is 4.45. The van der Waals surface area contributed by atoms with Crippen LogP contribution in [0.2, 0.25) is 0 Å². The van der Waals surface area contributed by atoms with Gasteiger partial charge in [0.25, 0.3) is 0 Å². The zero-order valence-electron chi connectivity index (χ0n) is 10.9. The molecule has 0 radical (unpaired) electrons. The second kappa shape index (κ2) is 7.86. The lowest BCUT2D eigenvalue weighted by molar-refractivity contribution is 0.700. The van der Waals surface area contributed by atoms with Crippen LogP contribution >= 0.6 is 31.9 Å². The minimum absolute atomic E-state index is 0.561. The first-order valence-electron chi connectivity index (χ1n) is 6.66. The summed E-state index contributed by atoms with van der Waals surface area (Å²) >= 11 is 7.32. The van der Waals surface area contributed by atoms with E-state index in [-0.39, 0.29) is 0 Å². The molecule has 2 aromatic carbocycles. The molecule has 0 aromatic heterocycles. The molecule has 0 saturated carbocycles. The van der Waals surface area contributed by atoms with Gasteiger partial charge in [-0.15, -0.1) is 0 Å². The van der Waals surface area contributed by atoms with Crippen molar-refractivity contribution in [3.05, 3.63) is 70.2 Å². The smallest absolute Gasteiger partial charge is 0.0186 e. The van der Waals surface area contributed by atoms with Crippen LogP contribution in [0.5, 0.6) is 0 Å². The first-order valence-corrected chi connectivity index (χ1v) is 8.37. The van der Waals surface area contributed by atoms with Gasteiger partial charge >= 0.3 is 0 Å². The monoisotopic (exact) mass is 380 g/mol. The Balaban J connectivity index is 1.74. The van der Waals surface area contributed by atoms with E-state index in [4.69, 9.17) is 0 Å². The van der Waals surface area contributed by atoms with E-state index in [1.807, 2.05) is 0 Å². The Morgan fingerprint density at radius 3 is 2.37 bits per heavy atom. The number of halogens is 2. The highest BCUT2D eigenvalue weighted by Gasteiger charge is 2.06. The molecule has 0 bridgehead atoms. The normalized spacial score (nSPS) is 12.3. The van der Waals surface area contributed by atoms with Crippen molar-refractivity contribution in [3.63, 3.8) is 0 Å². The Kier molecular flexibility index (Phi) is 6.12. The third-order valence-electron chi connectivity index (χ3n) is 3.17. The topological polar surface area (TPSA) is 0 Å². The zero-order valence-corrected chi connectivity index (χ0v) is 14.0. The molecule has 0 saturated heterocycles. The summed E-state index contributed by atoms with van der Waals surface area (Å²) in [5, 5.41) is 0. The van der Waals surface area contributed by atoms with E-state index in [0.717, 1.165) is 10.9 Å². The molecule has 0 spiro atoms. The molecule has 2 heteroatoms. The second-order valence-electron chi connectivity index (χ2n) is 4.81. The molecule has 19 heavy (non-hydrogen) atoms. The quantitative estimate of drug-likeness (QED) is 0.556. The van der Waals surface area contributed by atoms with Gasteiger partial charge in [0.05, 0.1) is 0 Å². The summed E-state index contributed by atoms with van der Waals surface area (Å²) in [6.07, 6.45) is 4.70. The van der Waals surface area contributed by atoms with Gasteiger partial charge in [-0.3, -0.25) is 0 Å². The molecule has 2 aromatic rings. The lowest BCUT2D eigenvalue weighted by atomic mass is 10.0. The summed E-state index contributed by atoms with van der Waals surface area (Å²) in [5.41, 5.74) is 2.82. The first kappa shape index (κ1) is 14.8. The maximum absolute atomic E-state index is 3.80. The van der Waals surface area contributed by atoms with E-state index in [1.54, 1.807) is 0 Å². The fourth-order valence-corrected chi connectivity index (χ4v) is 3.34. The minimum Gasteiger partial charge on any atom is -0.0887 e. The molecular formula is C17H18Br2. The van der Waals surface area contributed by atoms with Gasteiger partial charge in [0.15, 0.2) is 0 Å². The second-order valence-corrected chi connectivity index (χ2v) is 7.02. The van der Waals surface area contributed by atoms with Crippen LogP contribution in [0.25, 0.3) is 0 Å². The first-order chi connectivity index (χ1) is 9.24. The maximum Gasteiger partial charge on any atom is 0.0186 e. The van der Waals surface area contributed by atoms with Crippen molar-refractivity contribution >= 4 is 31.9 Å². The molecule has 0 heterocycles. The Labute approximate surface area is 132 Å². The zero-order chi connectivity index (χ0) is 13.5. The molecule has 0 N–H and O–H groups in total. The number of aryl methyl sites for hydroxylation is 1. The highest BCUT2D eigenvalue weighted by atomic mass is 79.9. The Bertz CT molecular complexity index is 494. The Morgan fingerprint density at radius 2 is 1.63 bits per heavy atom. The van der Waals surface area contributed by atoms with E-state index < -0.39 is 0 Å². The van der Waals surface area contributed by atoms with Gasteiger partial charge < -0.3 is 0 Å². The van der Waals surface area contributed by atoms with Crippen LogP contribution in [0, 0.1) is 0 Å². The van der Waals surface area contributed by atoms with Gasteiger partial charge in [-0.2, -0.15) is 0 Å².